The van der Waals surface area contributed by atoms with E-state index in [9.17, 15) is 0 Å². The molecular formula is C9H10BrNO. The molecule has 0 heterocycles. The topological polar surface area (TPSA) is 21.6 Å². The molecule has 0 spiro atoms. The molecule has 0 saturated heterocycles. The van der Waals surface area contributed by atoms with Crippen LogP contribution in [0.4, 0.5) is 0 Å². The molecule has 2 nitrogen and oxygen atoms in total. The van der Waals surface area contributed by atoms with E-state index in [0.717, 1.165) is 15.9 Å². The van der Waals surface area contributed by atoms with Gasteiger partial charge in [0.15, 0.2) is 5.75 Å². The van der Waals surface area contributed by atoms with Crippen molar-refractivity contribution >= 4 is 21.6 Å². The lowest BCUT2D eigenvalue weighted by Crippen LogP contribution is -1.88. The lowest BCUT2D eigenvalue weighted by Gasteiger charge is -1.97. The van der Waals surface area contributed by atoms with Crippen molar-refractivity contribution in [3.8, 4) is 5.75 Å². The van der Waals surface area contributed by atoms with Crippen LogP contribution in [0.15, 0.2) is 33.9 Å². The van der Waals surface area contributed by atoms with Gasteiger partial charge in [0, 0.05) is 4.47 Å². The molecule has 0 atom stereocenters. The van der Waals surface area contributed by atoms with E-state index in [2.05, 4.69) is 21.1 Å². The fourth-order valence-electron chi connectivity index (χ4n) is 0.639. The van der Waals surface area contributed by atoms with Gasteiger partial charge in [-0.3, -0.25) is 0 Å². The molecule has 0 saturated carbocycles. The second-order valence-corrected chi connectivity index (χ2v) is 3.50. The second-order valence-electron chi connectivity index (χ2n) is 2.58. The monoisotopic (exact) mass is 227 g/mol. The lowest BCUT2D eigenvalue weighted by atomic mass is 10.3. The van der Waals surface area contributed by atoms with E-state index in [1.165, 1.54) is 0 Å². The maximum atomic E-state index is 5.09. The first-order valence-corrected chi connectivity index (χ1v) is 4.41. The predicted molar refractivity (Wildman–Crippen MR) is 53.6 cm³/mol. The maximum absolute atomic E-state index is 5.09. The Hall–Kier alpha value is -0.830. The number of nitrogens with zero attached hydrogens (tertiary/aromatic N) is 1. The number of benzene rings is 1. The summed E-state index contributed by atoms with van der Waals surface area (Å²) in [6.07, 6.45) is 0. The van der Waals surface area contributed by atoms with Crippen LogP contribution in [-0.2, 0) is 0 Å². The average Bonchev–Trinajstić information content (AvgIpc) is 2.03. The summed E-state index contributed by atoms with van der Waals surface area (Å²) in [6, 6.07) is 7.54. The number of hydrogen-bond acceptors (Lipinski definition) is 2. The van der Waals surface area contributed by atoms with Crippen LogP contribution >= 0.6 is 15.9 Å². The summed E-state index contributed by atoms with van der Waals surface area (Å²) in [5, 5.41) is 3.83. The first-order chi connectivity index (χ1) is 5.68. The van der Waals surface area contributed by atoms with Crippen LogP contribution in [0.2, 0.25) is 0 Å². The smallest absolute Gasteiger partial charge is 0.158 e. The summed E-state index contributed by atoms with van der Waals surface area (Å²) >= 11 is 3.33. The molecular weight excluding hydrogens is 218 g/mol. The van der Waals surface area contributed by atoms with E-state index in [-0.39, 0.29) is 0 Å². The third-order valence-corrected chi connectivity index (χ3v) is 1.68. The zero-order chi connectivity index (χ0) is 8.97. The van der Waals surface area contributed by atoms with Gasteiger partial charge in [-0.25, -0.2) is 0 Å². The van der Waals surface area contributed by atoms with Gasteiger partial charge in [-0.2, -0.15) is 0 Å². The Balaban J connectivity index is 2.65. The molecule has 0 N–H and O–H groups in total. The van der Waals surface area contributed by atoms with Crippen LogP contribution in [0.1, 0.15) is 13.8 Å². The van der Waals surface area contributed by atoms with Crippen LogP contribution in [0.3, 0.4) is 0 Å². The van der Waals surface area contributed by atoms with Gasteiger partial charge in [-0.05, 0) is 38.1 Å². The third-order valence-electron chi connectivity index (χ3n) is 1.15. The molecule has 0 fully saturated rings. The van der Waals surface area contributed by atoms with Crippen molar-refractivity contribution < 1.29 is 4.84 Å². The first-order valence-electron chi connectivity index (χ1n) is 3.62. The van der Waals surface area contributed by atoms with Gasteiger partial charge in [0.25, 0.3) is 0 Å². The fourth-order valence-corrected chi connectivity index (χ4v) is 0.904. The van der Waals surface area contributed by atoms with E-state index in [0.29, 0.717) is 0 Å². The molecule has 1 aromatic rings. The summed E-state index contributed by atoms with van der Waals surface area (Å²) in [5.41, 5.74) is 0.901. The molecule has 0 aliphatic heterocycles. The van der Waals surface area contributed by atoms with Crippen molar-refractivity contribution in [1.82, 2.24) is 0 Å². The quantitative estimate of drug-likeness (QED) is 0.562. The molecule has 3 heteroatoms. The summed E-state index contributed by atoms with van der Waals surface area (Å²) in [5.74, 6) is 0.749. The van der Waals surface area contributed by atoms with Gasteiger partial charge >= 0.3 is 0 Å². The maximum Gasteiger partial charge on any atom is 0.158 e. The standard InChI is InChI=1S/C9H10BrNO/c1-7(2)11-12-9-5-3-8(10)4-6-9/h3-6H,1-2H3. The molecule has 0 radical (unpaired) electrons. The van der Waals surface area contributed by atoms with Crippen molar-refractivity contribution in [2.45, 2.75) is 13.8 Å². The summed E-state index contributed by atoms with van der Waals surface area (Å²) in [4.78, 5) is 5.09. The SMILES string of the molecule is CC(C)=NOc1ccc(Br)cc1. The van der Waals surface area contributed by atoms with Crippen molar-refractivity contribution in [3.05, 3.63) is 28.7 Å². The minimum atomic E-state index is 0.749. The van der Waals surface area contributed by atoms with Crippen molar-refractivity contribution in [2.75, 3.05) is 0 Å². The molecule has 0 aromatic heterocycles. The van der Waals surface area contributed by atoms with Crippen LogP contribution in [0, 0.1) is 0 Å². The van der Waals surface area contributed by atoms with Gasteiger partial charge in [-0.1, -0.05) is 21.1 Å². The largest absolute Gasteiger partial charge is 0.357 e. The summed E-state index contributed by atoms with van der Waals surface area (Å²) < 4.78 is 1.03. The zero-order valence-corrected chi connectivity index (χ0v) is 8.63. The number of oxime groups is 1. The van der Waals surface area contributed by atoms with Crippen molar-refractivity contribution in [2.24, 2.45) is 5.16 Å². The number of halogens is 1. The van der Waals surface area contributed by atoms with E-state index in [4.69, 9.17) is 4.84 Å². The van der Waals surface area contributed by atoms with Gasteiger partial charge in [-0.15, -0.1) is 0 Å². The van der Waals surface area contributed by atoms with Crippen LogP contribution in [-0.4, -0.2) is 5.71 Å². The van der Waals surface area contributed by atoms with Gasteiger partial charge in [0.05, 0.1) is 5.71 Å². The van der Waals surface area contributed by atoms with Gasteiger partial charge in [0.2, 0.25) is 0 Å². The molecule has 0 amide bonds. The number of hydrogen-bond donors (Lipinski definition) is 0. The lowest BCUT2D eigenvalue weighted by molar-refractivity contribution is 0.340. The van der Waals surface area contributed by atoms with E-state index >= 15 is 0 Å². The highest BCUT2D eigenvalue weighted by atomic mass is 79.9. The highest BCUT2D eigenvalue weighted by molar-refractivity contribution is 9.10. The molecule has 1 aromatic carbocycles. The van der Waals surface area contributed by atoms with Crippen molar-refractivity contribution in [3.63, 3.8) is 0 Å². The third kappa shape index (κ3) is 3.05. The average molecular weight is 228 g/mol. The normalized spacial score (nSPS) is 9.25. The molecule has 0 unspecified atom stereocenters. The van der Waals surface area contributed by atoms with E-state index in [1.54, 1.807) is 0 Å². The first kappa shape index (κ1) is 9.26. The molecule has 1 rings (SSSR count). The van der Waals surface area contributed by atoms with Crippen LogP contribution < -0.4 is 4.84 Å². The summed E-state index contributed by atoms with van der Waals surface area (Å²) in [6.45, 7) is 3.78. The fraction of sp³-hybridized carbons (Fsp3) is 0.222. The highest BCUT2D eigenvalue weighted by Gasteiger charge is 1.91. The zero-order valence-electron chi connectivity index (χ0n) is 7.04. The molecule has 64 valence electrons. The molecule has 0 aliphatic rings. The Kier molecular flexibility index (Phi) is 3.29. The Labute approximate surface area is 80.4 Å². The van der Waals surface area contributed by atoms with E-state index in [1.807, 2.05) is 38.1 Å². The Bertz CT molecular complexity index is 275. The minimum Gasteiger partial charge on any atom is -0.357 e. The van der Waals surface area contributed by atoms with E-state index < -0.39 is 0 Å². The van der Waals surface area contributed by atoms with Crippen molar-refractivity contribution in [1.29, 1.82) is 0 Å². The molecule has 0 bridgehead atoms. The number of rotatable bonds is 2. The highest BCUT2D eigenvalue weighted by Crippen LogP contribution is 2.16. The Morgan fingerprint density at radius 2 is 1.83 bits per heavy atom. The molecule has 0 aliphatic carbocycles. The minimum absolute atomic E-state index is 0.749. The molecule has 12 heavy (non-hydrogen) atoms. The Morgan fingerprint density at radius 3 is 2.33 bits per heavy atom. The van der Waals surface area contributed by atoms with Gasteiger partial charge in [0.1, 0.15) is 0 Å². The Morgan fingerprint density at radius 1 is 1.25 bits per heavy atom. The van der Waals surface area contributed by atoms with Crippen LogP contribution in [0.5, 0.6) is 5.75 Å². The van der Waals surface area contributed by atoms with Crippen LogP contribution in [0.25, 0.3) is 0 Å². The van der Waals surface area contributed by atoms with Gasteiger partial charge < -0.3 is 4.84 Å². The summed E-state index contributed by atoms with van der Waals surface area (Å²) in [7, 11) is 0. The predicted octanol–water partition coefficient (Wildman–Crippen LogP) is 3.22. The second kappa shape index (κ2) is 4.26.